The predicted molar refractivity (Wildman–Crippen MR) is 120 cm³/mol. The molecule has 180 valence electrons. The van der Waals surface area contributed by atoms with Crippen LogP contribution in [0.25, 0.3) is 11.5 Å². The van der Waals surface area contributed by atoms with Crippen LogP contribution in [-0.4, -0.2) is 29.1 Å². The van der Waals surface area contributed by atoms with Crippen LogP contribution in [0.15, 0.2) is 40.9 Å². The highest BCUT2D eigenvalue weighted by Crippen LogP contribution is 2.37. The third-order valence-corrected chi connectivity index (χ3v) is 5.26. The van der Waals surface area contributed by atoms with Gasteiger partial charge in [-0.15, -0.1) is 0 Å². The molecule has 0 saturated heterocycles. The second-order valence-corrected chi connectivity index (χ2v) is 8.32. The number of alkyl halides is 2. The average Bonchev–Trinajstić information content (AvgIpc) is 3.52. The summed E-state index contributed by atoms with van der Waals surface area (Å²) in [5, 5.41) is 2.77. The largest absolute Gasteiger partial charge is 0.489 e. The van der Waals surface area contributed by atoms with Crippen LogP contribution >= 0.6 is 0 Å². The quantitative estimate of drug-likeness (QED) is 0.450. The number of nitrogens with two attached hydrogens (primary N) is 1. The third kappa shape index (κ3) is 5.88. The molecule has 1 fully saturated rings. The molecule has 34 heavy (non-hydrogen) atoms. The molecule has 1 aliphatic carbocycles. The van der Waals surface area contributed by atoms with Crippen LogP contribution in [0.2, 0.25) is 0 Å². The SMILES string of the molecule is Cc1ccc(CNC(=O)c2nc(-c3ccc(OC(F)F)c(OCC4CC4)c3)oc2[C@H](C)N)nc1. The molecule has 2 aromatic heterocycles. The molecule has 1 saturated carbocycles. The number of carbonyl (C=O) groups excluding carboxylic acids is 1. The van der Waals surface area contributed by atoms with Crippen molar-refractivity contribution in [2.45, 2.75) is 45.9 Å². The van der Waals surface area contributed by atoms with Gasteiger partial charge in [-0.3, -0.25) is 9.78 Å². The summed E-state index contributed by atoms with van der Waals surface area (Å²) in [6.45, 7) is 1.22. The molecule has 0 bridgehead atoms. The second kappa shape index (κ2) is 10.2. The first-order chi connectivity index (χ1) is 16.3. The van der Waals surface area contributed by atoms with Crippen LogP contribution in [0.5, 0.6) is 11.5 Å². The van der Waals surface area contributed by atoms with Gasteiger partial charge in [0, 0.05) is 11.8 Å². The summed E-state index contributed by atoms with van der Waals surface area (Å²) in [6, 6.07) is 7.50. The van der Waals surface area contributed by atoms with Crippen LogP contribution in [0.3, 0.4) is 0 Å². The number of aromatic nitrogens is 2. The van der Waals surface area contributed by atoms with Crippen molar-refractivity contribution in [1.82, 2.24) is 15.3 Å². The van der Waals surface area contributed by atoms with Gasteiger partial charge in [-0.1, -0.05) is 6.07 Å². The number of rotatable bonds is 10. The number of amides is 1. The van der Waals surface area contributed by atoms with E-state index in [4.69, 9.17) is 14.9 Å². The highest BCUT2D eigenvalue weighted by atomic mass is 19.3. The topological polar surface area (TPSA) is 112 Å². The number of halogens is 2. The van der Waals surface area contributed by atoms with Crippen LogP contribution in [0, 0.1) is 12.8 Å². The van der Waals surface area contributed by atoms with Crippen molar-refractivity contribution >= 4 is 5.91 Å². The van der Waals surface area contributed by atoms with Crippen LogP contribution in [-0.2, 0) is 6.54 Å². The summed E-state index contributed by atoms with van der Waals surface area (Å²) in [5.74, 6) is 0.340. The van der Waals surface area contributed by atoms with Crippen molar-refractivity contribution < 1.29 is 27.5 Å². The molecule has 1 atom stereocenters. The predicted octanol–water partition coefficient (Wildman–Crippen LogP) is 4.38. The monoisotopic (exact) mass is 472 g/mol. The number of ether oxygens (including phenoxy) is 2. The lowest BCUT2D eigenvalue weighted by Crippen LogP contribution is -2.25. The van der Waals surface area contributed by atoms with Gasteiger partial charge in [-0.2, -0.15) is 8.78 Å². The van der Waals surface area contributed by atoms with E-state index in [1.165, 1.54) is 18.2 Å². The number of hydrogen-bond donors (Lipinski definition) is 2. The van der Waals surface area contributed by atoms with E-state index in [1.807, 2.05) is 19.1 Å². The standard InChI is InChI=1S/C24H26F2N4O4/c1-13-3-7-17(28-10-13)11-29-22(31)20-21(14(2)27)34-23(30-20)16-6-8-18(33-24(25)26)19(9-16)32-12-15-4-5-15/h3,6-10,14-15,24H,4-5,11-12,27H2,1-2H3,(H,29,31)/t14-/m0/s1. The Morgan fingerprint density at radius 1 is 1.26 bits per heavy atom. The first-order valence-electron chi connectivity index (χ1n) is 11.0. The number of nitrogens with one attached hydrogen (secondary N) is 1. The van der Waals surface area contributed by atoms with Gasteiger partial charge in [0.2, 0.25) is 5.89 Å². The van der Waals surface area contributed by atoms with Gasteiger partial charge in [0.1, 0.15) is 0 Å². The van der Waals surface area contributed by atoms with E-state index in [0.29, 0.717) is 23.8 Å². The number of carbonyl (C=O) groups is 1. The molecule has 0 aliphatic heterocycles. The molecule has 4 rings (SSSR count). The molecule has 2 heterocycles. The van der Waals surface area contributed by atoms with E-state index >= 15 is 0 Å². The smallest absolute Gasteiger partial charge is 0.387 e. The van der Waals surface area contributed by atoms with Gasteiger partial charge in [0.25, 0.3) is 5.91 Å². The van der Waals surface area contributed by atoms with Gasteiger partial charge in [0.15, 0.2) is 23.0 Å². The fourth-order valence-corrected chi connectivity index (χ4v) is 3.22. The molecule has 0 radical (unpaired) electrons. The van der Waals surface area contributed by atoms with Gasteiger partial charge < -0.3 is 24.9 Å². The molecule has 1 aromatic carbocycles. The average molecular weight is 472 g/mol. The summed E-state index contributed by atoms with van der Waals surface area (Å²) in [4.78, 5) is 21.4. The summed E-state index contributed by atoms with van der Waals surface area (Å²) < 4.78 is 41.7. The number of nitrogens with zero attached hydrogens (tertiary/aromatic N) is 2. The van der Waals surface area contributed by atoms with Crippen LogP contribution in [0.4, 0.5) is 8.78 Å². The van der Waals surface area contributed by atoms with Crippen molar-refractivity contribution in [1.29, 1.82) is 0 Å². The molecule has 3 N–H and O–H groups in total. The molecule has 8 nitrogen and oxygen atoms in total. The zero-order valence-corrected chi connectivity index (χ0v) is 18.9. The van der Waals surface area contributed by atoms with E-state index in [9.17, 15) is 13.6 Å². The Labute approximate surface area is 195 Å². The fourth-order valence-electron chi connectivity index (χ4n) is 3.22. The maximum atomic E-state index is 12.8. The first-order valence-corrected chi connectivity index (χ1v) is 11.0. The lowest BCUT2D eigenvalue weighted by molar-refractivity contribution is -0.0515. The Bertz CT molecular complexity index is 1140. The Morgan fingerprint density at radius 2 is 2.06 bits per heavy atom. The maximum Gasteiger partial charge on any atom is 0.387 e. The van der Waals surface area contributed by atoms with E-state index in [0.717, 1.165) is 18.4 Å². The minimum atomic E-state index is -2.99. The number of oxazole rings is 1. The summed E-state index contributed by atoms with van der Waals surface area (Å²) >= 11 is 0. The van der Waals surface area contributed by atoms with E-state index < -0.39 is 18.6 Å². The number of pyridine rings is 1. The Balaban J connectivity index is 1.57. The zero-order chi connectivity index (χ0) is 24.2. The highest BCUT2D eigenvalue weighted by Gasteiger charge is 2.26. The van der Waals surface area contributed by atoms with Crippen molar-refractivity contribution in [2.24, 2.45) is 11.7 Å². The van der Waals surface area contributed by atoms with Crippen molar-refractivity contribution in [3.05, 3.63) is 59.2 Å². The molecule has 3 aromatic rings. The molecule has 10 heteroatoms. The van der Waals surface area contributed by atoms with E-state index in [-0.39, 0.29) is 35.4 Å². The highest BCUT2D eigenvalue weighted by molar-refractivity contribution is 5.93. The lowest BCUT2D eigenvalue weighted by Gasteiger charge is -2.12. The summed E-state index contributed by atoms with van der Waals surface area (Å²) in [7, 11) is 0. The Hall–Kier alpha value is -3.53. The maximum absolute atomic E-state index is 12.8. The van der Waals surface area contributed by atoms with Crippen molar-refractivity contribution in [3.8, 4) is 23.0 Å². The van der Waals surface area contributed by atoms with Crippen molar-refractivity contribution in [3.63, 3.8) is 0 Å². The minimum absolute atomic E-state index is 0.0467. The van der Waals surface area contributed by atoms with Crippen LogP contribution < -0.4 is 20.5 Å². The first kappa shape index (κ1) is 23.6. The van der Waals surface area contributed by atoms with Gasteiger partial charge in [0.05, 0.1) is 24.9 Å². The Kier molecular flexibility index (Phi) is 7.06. The summed E-state index contributed by atoms with van der Waals surface area (Å²) in [6.07, 6.45) is 3.80. The number of aryl methyl sites for hydroxylation is 1. The third-order valence-electron chi connectivity index (χ3n) is 5.26. The van der Waals surface area contributed by atoms with Crippen LogP contribution in [0.1, 0.15) is 53.3 Å². The van der Waals surface area contributed by atoms with E-state index in [1.54, 1.807) is 13.1 Å². The normalized spacial score (nSPS) is 14.2. The molecule has 1 amide bonds. The minimum Gasteiger partial charge on any atom is -0.489 e. The van der Waals surface area contributed by atoms with Gasteiger partial charge in [-0.05, 0) is 62.4 Å². The fraction of sp³-hybridized carbons (Fsp3) is 0.375. The second-order valence-electron chi connectivity index (χ2n) is 8.32. The molecular weight excluding hydrogens is 446 g/mol. The van der Waals surface area contributed by atoms with Gasteiger partial charge >= 0.3 is 6.61 Å². The summed E-state index contributed by atoms with van der Waals surface area (Å²) in [5.41, 5.74) is 8.20. The lowest BCUT2D eigenvalue weighted by atomic mass is 10.2. The zero-order valence-electron chi connectivity index (χ0n) is 18.9. The van der Waals surface area contributed by atoms with Gasteiger partial charge in [-0.25, -0.2) is 4.98 Å². The number of hydrogen-bond acceptors (Lipinski definition) is 7. The molecule has 0 unspecified atom stereocenters. The number of benzene rings is 1. The molecule has 1 aliphatic rings. The van der Waals surface area contributed by atoms with Crippen molar-refractivity contribution in [2.75, 3.05) is 6.61 Å². The Morgan fingerprint density at radius 3 is 2.71 bits per heavy atom. The molecular formula is C24H26F2N4O4. The van der Waals surface area contributed by atoms with E-state index in [2.05, 4.69) is 20.0 Å². The molecule has 0 spiro atoms.